The summed E-state index contributed by atoms with van der Waals surface area (Å²) in [5.74, 6) is 0. The predicted octanol–water partition coefficient (Wildman–Crippen LogP) is 4.40. The molecule has 76 valence electrons. The van der Waals surface area contributed by atoms with Gasteiger partial charge in [-0.1, -0.05) is 39.3 Å². The van der Waals surface area contributed by atoms with Crippen LogP contribution in [-0.4, -0.2) is 4.98 Å². The van der Waals surface area contributed by atoms with Crippen molar-refractivity contribution >= 4 is 11.6 Å². The molecule has 2 heteroatoms. The Balaban J connectivity index is 0. The van der Waals surface area contributed by atoms with Crippen LogP contribution in [0.3, 0.4) is 0 Å². The maximum Gasteiger partial charge on any atom is 0.0468 e. The van der Waals surface area contributed by atoms with Gasteiger partial charge in [0.25, 0.3) is 0 Å². The topological polar surface area (TPSA) is 12.9 Å². The minimum absolute atomic E-state index is 0.794. The SMILES string of the molecule is CC.CC.Cc1cc(Cl)c(C)cn1. The maximum absolute atomic E-state index is 5.77. The zero-order valence-corrected chi connectivity index (χ0v) is 10.2. The van der Waals surface area contributed by atoms with Crippen LogP contribution in [0.2, 0.25) is 5.02 Å². The lowest BCUT2D eigenvalue weighted by Gasteiger charge is -1.95. The minimum atomic E-state index is 0.794. The highest BCUT2D eigenvalue weighted by Gasteiger charge is 1.92. The van der Waals surface area contributed by atoms with Gasteiger partial charge in [0.05, 0.1) is 0 Å². The van der Waals surface area contributed by atoms with Crippen LogP contribution >= 0.6 is 11.6 Å². The van der Waals surface area contributed by atoms with E-state index >= 15 is 0 Å². The lowest BCUT2D eigenvalue weighted by Crippen LogP contribution is -1.81. The summed E-state index contributed by atoms with van der Waals surface area (Å²) in [6.45, 7) is 11.9. The fourth-order valence-electron chi connectivity index (χ4n) is 0.595. The Morgan fingerprint density at radius 2 is 1.54 bits per heavy atom. The van der Waals surface area contributed by atoms with Crippen molar-refractivity contribution in [3.8, 4) is 0 Å². The Hall–Kier alpha value is -0.560. The molecule has 1 nitrogen and oxygen atoms in total. The molecule has 0 bridgehead atoms. The normalized spacial score (nSPS) is 7.62. The van der Waals surface area contributed by atoms with Crippen molar-refractivity contribution in [2.75, 3.05) is 0 Å². The smallest absolute Gasteiger partial charge is 0.0468 e. The molecule has 0 amide bonds. The molecule has 0 saturated carbocycles. The Kier molecular flexibility index (Phi) is 10.9. The second kappa shape index (κ2) is 9.53. The van der Waals surface area contributed by atoms with Crippen LogP contribution in [0.1, 0.15) is 39.0 Å². The summed E-state index contributed by atoms with van der Waals surface area (Å²) in [6.07, 6.45) is 1.78. The second-order valence-electron chi connectivity index (χ2n) is 2.07. The number of pyridine rings is 1. The number of rotatable bonds is 0. The van der Waals surface area contributed by atoms with Crippen LogP contribution in [0.15, 0.2) is 12.3 Å². The van der Waals surface area contributed by atoms with Gasteiger partial charge in [-0.2, -0.15) is 0 Å². The first-order valence-corrected chi connectivity index (χ1v) is 5.16. The lowest BCUT2D eigenvalue weighted by atomic mass is 10.3. The Bertz CT molecular complexity index is 221. The molecule has 0 unspecified atom stereocenters. The molecule has 1 aromatic heterocycles. The van der Waals surface area contributed by atoms with Crippen molar-refractivity contribution in [3.05, 3.63) is 28.5 Å². The molecule has 0 aliphatic carbocycles. The van der Waals surface area contributed by atoms with Crippen LogP contribution in [0.5, 0.6) is 0 Å². The van der Waals surface area contributed by atoms with Crippen LogP contribution in [0.4, 0.5) is 0 Å². The second-order valence-corrected chi connectivity index (χ2v) is 2.48. The molecular weight excluding hydrogens is 182 g/mol. The third-order valence-corrected chi connectivity index (χ3v) is 1.58. The van der Waals surface area contributed by atoms with Crippen LogP contribution in [0, 0.1) is 13.8 Å². The molecule has 0 spiro atoms. The van der Waals surface area contributed by atoms with Gasteiger partial charge in [-0.15, -0.1) is 0 Å². The molecule has 1 heterocycles. The first-order chi connectivity index (χ1) is 6.20. The van der Waals surface area contributed by atoms with E-state index in [1.54, 1.807) is 6.20 Å². The summed E-state index contributed by atoms with van der Waals surface area (Å²) in [4.78, 5) is 4.06. The molecule has 0 aliphatic rings. The average molecular weight is 202 g/mol. The zero-order chi connectivity index (χ0) is 10.9. The van der Waals surface area contributed by atoms with Crippen molar-refractivity contribution < 1.29 is 0 Å². The molecular formula is C11H20ClN. The van der Waals surface area contributed by atoms with E-state index in [4.69, 9.17) is 11.6 Å². The van der Waals surface area contributed by atoms with Crippen molar-refractivity contribution in [2.24, 2.45) is 0 Å². The molecule has 0 aliphatic heterocycles. The lowest BCUT2D eigenvalue weighted by molar-refractivity contribution is 1.17. The number of hydrogen-bond donors (Lipinski definition) is 0. The van der Waals surface area contributed by atoms with Crippen molar-refractivity contribution in [1.29, 1.82) is 0 Å². The number of hydrogen-bond acceptors (Lipinski definition) is 1. The number of halogens is 1. The van der Waals surface area contributed by atoms with E-state index < -0.39 is 0 Å². The molecule has 1 rings (SSSR count). The van der Waals surface area contributed by atoms with E-state index in [0.717, 1.165) is 16.3 Å². The highest BCUT2D eigenvalue weighted by molar-refractivity contribution is 6.31. The Morgan fingerprint density at radius 3 is 1.85 bits per heavy atom. The third-order valence-electron chi connectivity index (χ3n) is 1.17. The van der Waals surface area contributed by atoms with Gasteiger partial charge >= 0.3 is 0 Å². The molecule has 0 saturated heterocycles. The van der Waals surface area contributed by atoms with E-state index in [9.17, 15) is 0 Å². The fraction of sp³-hybridized carbons (Fsp3) is 0.545. The number of aryl methyl sites for hydroxylation is 2. The van der Waals surface area contributed by atoms with E-state index in [1.807, 2.05) is 47.6 Å². The maximum atomic E-state index is 5.77. The largest absolute Gasteiger partial charge is 0.261 e. The predicted molar refractivity (Wildman–Crippen MR) is 61.4 cm³/mol. The molecule has 0 N–H and O–H groups in total. The van der Waals surface area contributed by atoms with Crippen molar-refractivity contribution in [2.45, 2.75) is 41.5 Å². The molecule has 0 fully saturated rings. The highest BCUT2D eigenvalue weighted by Crippen LogP contribution is 2.13. The van der Waals surface area contributed by atoms with Crippen molar-refractivity contribution in [3.63, 3.8) is 0 Å². The zero-order valence-electron chi connectivity index (χ0n) is 9.48. The van der Waals surface area contributed by atoms with E-state index in [2.05, 4.69) is 4.98 Å². The Labute approximate surface area is 87.2 Å². The van der Waals surface area contributed by atoms with Gasteiger partial charge in [0.1, 0.15) is 0 Å². The molecule has 0 atom stereocenters. The number of aromatic nitrogens is 1. The standard InChI is InChI=1S/C7H8ClN.2C2H6/c1-5-4-9-6(2)3-7(5)8;2*1-2/h3-4H,1-2H3;2*1-2H3. The quantitative estimate of drug-likeness (QED) is 0.606. The summed E-state index contributed by atoms with van der Waals surface area (Å²) in [5.41, 5.74) is 1.99. The summed E-state index contributed by atoms with van der Waals surface area (Å²) < 4.78 is 0. The fourth-order valence-corrected chi connectivity index (χ4v) is 0.802. The van der Waals surface area contributed by atoms with Crippen LogP contribution < -0.4 is 0 Å². The third kappa shape index (κ3) is 6.59. The van der Waals surface area contributed by atoms with Gasteiger partial charge in [-0.3, -0.25) is 4.98 Å². The average Bonchev–Trinajstić information content (AvgIpc) is 2.18. The monoisotopic (exact) mass is 201 g/mol. The summed E-state index contributed by atoms with van der Waals surface area (Å²) in [6, 6.07) is 1.86. The molecule has 13 heavy (non-hydrogen) atoms. The molecule has 0 aromatic carbocycles. The van der Waals surface area contributed by atoms with Gasteiger partial charge in [0.15, 0.2) is 0 Å². The summed E-state index contributed by atoms with van der Waals surface area (Å²) in [7, 11) is 0. The van der Waals surface area contributed by atoms with Gasteiger partial charge in [-0.05, 0) is 25.5 Å². The van der Waals surface area contributed by atoms with Crippen LogP contribution in [-0.2, 0) is 0 Å². The van der Waals surface area contributed by atoms with Gasteiger partial charge in [-0.25, -0.2) is 0 Å². The van der Waals surface area contributed by atoms with Gasteiger partial charge in [0, 0.05) is 16.9 Å². The van der Waals surface area contributed by atoms with Gasteiger partial charge < -0.3 is 0 Å². The Morgan fingerprint density at radius 1 is 1.08 bits per heavy atom. The minimum Gasteiger partial charge on any atom is -0.261 e. The molecule has 1 aromatic rings. The van der Waals surface area contributed by atoms with Crippen LogP contribution in [0.25, 0.3) is 0 Å². The summed E-state index contributed by atoms with van der Waals surface area (Å²) >= 11 is 5.77. The van der Waals surface area contributed by atoms with E-state index in [0.29, 0.717) is 0 Å². The molecule has 0 radical (unpaired) electrons. The first-order valence-electron chi connectivity index (χ1n) is 4.79. The number of nitrogens with zero attached hydrogens (tertiary/aromatic N) is 1. The van der Waals surface area contributed by atoms with Gasteiger partial charge in [0.2, 0.25) is 0 Å². The first kappa shape index (κ1) is 14.9. The highest BCUT2D eigenvalue weighted by atomic mass is 35.5. The van der Waals surface area contributed by atoms with E-state index in [-0.39, 0.29) is 0 Å². The van der Waals surface area contributed by atoms with E-state index in [1.165, 1.54) is 0 Å². The summed E-state index contributed by atoms with van der Waals surface area (Å²) in [5, 5.41) is 0.794. The van der Waals surface area contributed by atoms with Crippen molar-refractivity contribution in [1.82, 2.24) is 4.98 Å².